The predicted molar refractivity (Wildman–Crippen MR) is 73.5 cm³/mol. The molecule has 0 radical (unpaired) electrons. The molecule has 0 saturated carbocycles. The van der Waals surface area contributed by atoms with E-state index < -0.39 is 6.04 Å². The Bertz CT molecular complexity index is 395. The molecule has 18 heavy (non-hydrogen) atoms. The highest BCUT2D eigenvalue weighted by atomic mass is 32.2. The van der Waals surface area contributed by atoms with E-state index >= 15 is 0 Å². The first-order valence-corrected chi connectivity index (χ1v) is 6.87. The van der Waals surface area contributed by atoms with Gasteiger partial charge in [0.05, 0.1) is 5.75 Å². The van der Waals surface area contributed by atoms with Gasteiger partial charge in [0.15, 0.2) is 0 Å². The number of thioether (sulfide) groups is 1. The Labute approximate surface area is 112 Å². The highest BCUT2D eigenvalue weighted by molar-refractivity contribution is 8.00. The first-order valence-electron chi connectivity index (χ1n) is 5.88. The molecule has 0 heterocycles. The zero-order valence-corrected chi connectivity index (χ0v) is 11.4. The number of hydrogen-bond acceptors (Lipinski definition) is 3. The number of amides is 2. The van der Waals surface area contributed by atoms with Crippen molar-refractivity contribution in [1.82, 2.24) is 10.6 Å². The third-order valence-electron chi connectivity index (χ3n) is 2.23. The molecule has 1 aromatic carbocycles. The van der Waals surface area contributed by atoms with Crippen molar-refractivity contribution in [2.45, 2.75) is 24.8 Å². The van der Waals surface area contributed by atoms with E-state index in [0.29, 0.717) is 12.3 Å². The van der Waals surface area contributed by atoms with Gasteiger partial charge < -0.3 is 10.6 Å². The van der Waals surface area contributed by atoms with Crippen molar-refractivity contribution in [2.24, 2.45) is 0 Å². The van der Waals surface area contributed by atoms with Gasteiger partial charge in [-0.15, -0.1) is 11.8 Å². The lowest BCUT2D eigenvalue weighted by molar-refractivity contribution is -0.127. The second-order valence-electron chi connectivity index (χ2n) is 3.79. The average Bonchev–Trinajstić information content (AvgIpc) is 2.38. The molecule has 4 nitrogen and oxygen atoms in total. The molecule has 0 aliphatic heterocycles. The largest absolute Gasteiger partial charge is 0.355 e. The van der Waals surface area contributed by atoms with Gasteiger partial charge in [-0.3, -0.25) is 9.59 Å². The number of benzene rings is 1. The van der Waals surface area contributed by atoms with Gasteiger partial charge in [-0.25, -0.2) is 0 Å². The van der Waals surface area contributed by atoms with Crippen molar-refractivity contribution in [2.75, 3.05) is 12.3 Å². The highest BCUT2D eigenvalue weighted by Gasteiger charge is 2.14. The average molecular weight is 266 g/mol. The number of carbonyl (C=O) groups excluding carboxylic acids is 2. The van der Waals surface area contributed by atoms with Crippen LogP contribution >= 0.6 is 11.8 Å². The molecule has 0 saturated heterocycles. The lowest BCUT2D eigenvalue weighted by Gasteiger charge is -2.13. The minimum absolute atomic E-state index is 0.136. The summed E-state index contributed by atoms with van der Waals surface area (Å²) in [5.74, 6) is 0.0199. The van der Waals surface area contributed by atoms with Crippen LogP contribution in [0.3, 0.4) is 0 Å². The van der Waals surface area contributed by atoms with Crippen LogP contribution in [0.5, 0.6) is 0 Å². The van der Waals surface area contributed by atoms with Crippen molar-refractivity contribution in [3.05, 3.63) is 30.3 Å². The molecule has 2 N–H and O–H groups in total. The fourth-order valence-electron chi connectivity index (χ4n) is 1.34. The third kappa shape index (κ3) is 5.23. The topological polar surface area (TPSA) is 58.2 Å². The fourth-order valence-corrected chi connectivity index (χ4v) is 2.07. The van der Waals surface area contributed by atoms with Gasteiger partial charge in [0.2, 0.25) is 11.8 Å². The third-order valence-corrected chi connectivity index (χ3v) is 3.25. The Morgan fingerprint density at radius 2 is 1.94 bits per heavy atom. The Hall–Kier alpha value is -1.49. The summed E-state index contributed by atoms with van der Waals surface area (Å²) in [6.45, 7) is 4.09. The smallest absolute Gasteiger partial charge is 0.242 e. The van der Waals surface area contributed by atoms with E-state index in [1.807, 2.05) is 37.3 Å². The Balaban J connectivity index is 2.31. The summed E-state index contributed by atoms with van der Waals surface area (Å²) >= 11 is 1.45. The standard InChI is InChI=1S/C13H18N2O2S/c1-3-14-13(17)10(2)15-12(16)9-18-11-7-5-4-6-8-11/h4-8,10H,3,9H2,1-2H3,(H,14,17)(H,15,16)/t10-/m0/s1. The van der Waals surface area contributed by atoms with Crippen LogP contribution in [0, 0.1) is 0 Å². The predicted octanol–water partition coefficient (Wildman–Crippen LogP) is 1.42. The van der Waals surface area contributed by atoms with E-state index in [2.05, 4.69) is 10.6 Å². The first kappa shape index (κ1) is 14.6. The summed E-state index contributed by atoms with van der Waals surface area (Å²) < 4.78 is 0. The van der Waals surface area contributed by atoms with E-state index in [0.717, 1.165) is 4.90 Å². The first-order chi connectivity index (χ1) is 8.63. The van der Waals surface area contributed by atoms with Gasteiger partial charge in [-0.05, 0) is 26.0 Å². The lowest BCUT2D eigenvalue weighted by Crippen LogP contribution is -2.45. The van der Waals surface area contributed by atoms with Gasteiger partial charge in [0.1, 0.15) is 6.04 Å². The molecule has 5 heteroatoms. The maximum absolute atomic E-state index is 11.6. The quantitative estimate of drug-likeness (QED) is 0.766. The fraction of sp³-hybridized carbons (Fsp3) is 0.385. The summed E-state index contributed by atoms with van der Waals surface area (Å²) in [5.41, 5.74) is 0. The molecule has 0 unspecified atom stereocenters. The summed E-state index contributed by atoms with van der Waals surface area (Å²) in [6, 6.07) is 9.20. The molecular weight excluding hydrogens is 248 g/mol. The van der Waals surface area contributed by atoms with E-state index in [1.54, 1.807) is 6.92 Å². The van der Waals surface area contributed by atoms with Crippen LogP contribution in [0.1, 0.15) is 13.8 Å². The zero-order valence-electron chi connectivity index (χ0n) is 10.6. The van der Waals surface area contributed by atoms with Crippen LogP contribution in [-0.2, 0) is 9.59 Å². The number of likely N-dealkylation sites (N-methyl/N-ethyl adjacent to an activating group) is 1. The molecular formula is C13H18N2O2S. The van der Waals surface area contributed by atoms with E-state index in [-0.39, 0.29) is 11.8 Å². The van der Waals surface area contributed by atoms with Crippen LogP contribution in [0.15, 0.2) is 35.2 Å². The minimum Gasteiger partial charge on any atom is -0.355 e. The second kappa shape index (κ2) is 7.76. The molecule has 1 atom stereocenters. The normalized spacial score (nSPS) is 11.7. The molecule has 1 aromatic rings. The summed E-state index contributed by atoms with van der Waals surface area (Å²) in [7, 11) is 0. The van der Waals surface area contributed by atoms with Crippen LogP contribution in [0.25, 0.3) is 0 Å². The van der Waals surface area contributed by atoms with Crippen molar-refractivity contribution in [3.63, 3.8) is 0 Å². The Morgan fingerprint density at radius 1 is 1.28 bits per heavy atom. The molecule has 98 valence electrons. The molecule has 0 aliphatic rings. The van der Waals surface area contributed by atoms with Crippen molar-refractivity contribution in [1.29, 1.82) is 0 Å². The van der Waals surface area contributed by atoms with Crippen LogP contribution < -0.4 is 10.6 Å². The number of nitrogens with one attached hydrogen (secondary N) is 2. The maximum Gasteiger partial charge on any atom is 0.242 e. The molecule has 0 aromatic heterocycles. The van der Waals surface area contributed by atoms with Gasteiger partial charge in [-0.1, -0.05) is 18.2 Å². The van der Waals surface area contributed by atoms with Crippen molar-refractivity contribution in [3.8, 4) is 0 Å². The minimum atomic E-state index is -0.492. The van der Waals surface area contributed by atoms with Crippen LogP contribution in [-0.4, -0.2) is 30.2 Å². The van der Waals surface area contributed by atoms with Gasteiger partial charge in [0.25, 0.3) is 0 Å². The van der Waals surface area contributed by atoms with Gasteiger partial charge in [-0.2, -0.15) is 0 Å². The molecule has 0 spiro atoms. The van der Waals surface area contributed by atoms with Crippen LogP contribution in [0.4, 0.5) is 0 Å². The zero-order chi connectivity index (χ0) is 13.4. The monoisotopic (exact) mass is 266 g/mol. The van der Waals surface area contributed by atoms with Crippen LogP contribution in [0.2, 0.25) is 0 Å². The van der Waals surface area contributed by atoms with E-state index in [1.165, 1.54) is 11.8 Å². The van der Waals surface area contributed by atoms with Gasteiger partial charge in [0, 0.05) is 11.4 Å². The lowest BCUT2D eigenvalue weighted by atomic mass is 10.3. The van der Waals surface area contributed by atoms with Gasteiger partial charge >= 0.3 is 0 Å². The number of rotatable bonds is 6. The summed E-state index contributed by atoms with van der Waals surface area (Å²) in [6.07, 6.45) is 0. The second-order valence-corrected chi connectivity index (χ2v) is 4.83. The number of hydrogen-bond donors (Lipinski definition) is 2. The summed E-state index contributed by atoms with van der Waals surface area (Å²) in [4.78, 5) is 24.1. The molecule has 0 bridgehead atoms. The molecule has 2 amide bonds. The van der Waals surface area contributed by atoms with Crippen molar-refractivity contribution >= 4 is 23.6 Å². The number of carbonyl (C=O) groups is 2. The Kier molecular flexibility index (Phi) is 6.28. The molecule has 0 fully saturated rings. The Morgan fingerprint density at radius 3 is 2.56 bits per heavy atom. The highest BCUT2D eigenvalue weighted by Crippen LogP contribution is 2.16. The SMILES string of the molecule is CCNC(=O)[C@H](C)NC(=O)CSc1ccccc1. The molecule has 0 aliphatic carbocycles. The van der Waals surface area contributed by atoms with E-state index in [9.17, 15) is 9.59 Å². The molecule has 1 rings (SSSR count). The summed E-state index contributed by atoms with van der Waals surface area (Å²) in [5, 5.41) is 5.33. The van der Waals surface area contributed by atoms with E-state index in [4.69, 9.17) is 0 Å². The van der Waals surface area contributed by atoms with Crippen molar-refractivity contribution < 1.29 is 9.59 Å². The maximum atomic E-state index is 11.6.